The first-order valence-corrected chi connectivity index (χ1v) is 7.54. The van der Waals surface area contributed by atoms with Gasteiger partial charge in [0.2, 0.25) is 0 Å². The van der Waals surface area contributed by atoms with E-state index in [2.05, 4.69) is 0 Å². The number of benzene rings is 1. The van der Waals surface area contributed by atoms with Crippen LogP contribution in [0.3, 0.4) is 0 Å². The third-order valence-corrected chi connectivity index (χ3v) is 4.14. The van der Waals surface area contributed by atoms with Crippen LogP contribution in [0.2, 0.25) is 0 Å². The third-order valence-electron chi connectivity index (χ3n) is 4.14. The van der Waals surface area contributed by atoms with Gasteiger partial charge in [-0.25, -0.2) is 9.59 Å². The highest BCUT2D eigenvalue weighted by Crippen LogP contribution is 2.37. The van der Waals surface area contributed by atoms with Crippen molar-refractivity contribution < 1.29 is 24.9 Å². The number of carboxylic acids is 2. The molecule has 6 N–H and O–H groups in total. The number of aromatic amines is 1. The topological polar surface area (TPSA) is 154 Å². The molecule has 0 aliphatic carbocycles. The van der Waals surface area contributed by atoms with Gasteiger partial charge in [-0.1, -0.05) is 19.9 Å². The van der Waals surface area contributed by atoms with E-state index in [1.54, 1.807) is 6.07 Å². The number of nitrogens with two attached hydrogens (primary N) is 1. The second-order valence-corrected chi connectivity index (χ2v) is 5.69. The van der Waals surface area contributed by atoms with Gasteiger partial charge >= 0.3 is 11.9 Å². The fourth-order valence-corrected chi connectivity index (χ4v) is 2.61. The lowest BCUT2D eigenvalue weighted by Gasteiger charge is -2.16. The van der Waals surface area contributed by atoms with E-state index in [1.165, 1.54) is 12.1 Å². The summed E-state index contributed by atoms with van der Waals surface area (Å²) >= 11 is 0. The fourth-order valence-electron chi connectivity index (χ4n) is 2.61. The van der Waals surface area contributed by atoms with Crippen LogP contribution in [0.5, 0.6) is 5.75 Å². The minimum atomic E-state index is -1.62. The number of aromatic nitrogens is 1. The van der Waals surface area contributed by atoms with E-state index in [9.17, 15) is 29.7 Å². The summed E-state index contributed by atoms with van der Waals surface area (Å²) in [6.07, 6.45) is 0.777. The number of nitrogen functional groups attached to an aromatic ring is 1. The Balaban J connectivity index is 2.98. The minimum absolute atomic E-state index is 0.0644. The number of H-pyrrole nitrogens is 1. The monoisotopic (exact) mass is 346 g/mol. The average Bonchev–Trinajstić information content (AvgIpc) is 2.52. The van der Waals surface area contributed by atoms with Crippen molar-refractivity contribution in [3.8, 4) is 16.9 Å². The van der Waals surface area contributed by atoms with Gasteiger partial charge in [0.15, 0.2) is 0 Å². The van der Waals surface area contributed by atoms with Crippen molar-refractivity contribution in [2.45, 2.75) is 26.2 Å². The summed E-state index contributed by atoms with van der Waals surface area (Å²) in [4.78, 5) is 37.2. The molecule has 1 aromatic heterocycles. The van der Waals surface area contributed by atoms with Crippen LogP contribution in [0, 0.1) is 0 Å². The van der Waals surface area contributed by atoms with E-state index in [4.69, 9.17) is 5.73 Å². The molecule has 1 aromatic carbocycles. The minimum Gasteiger partial charge on any atom is -0.507 e. The van der Waals surface area contributed by atoms with Gasteiger partial charge in [-0.15, -0.1) is 0 Å². The second kappa shape index (κ2) is 6.68. The molecule has 0 bridgehead atoms. The van der Waals surface area contributed by atoms with Gasteiger partial charge in [0, 0.05) is 11.1 Å². The molecule has 0 fully saturated rings. The summed E-state index contributed by atoms with van der Waals surface area (Å²) in [5, 5.41) is 29.0. The Hall–Kier alpha value is -3.29. The van der Waals surface area contributed by atoms with E-state index in [-0.39, 0.29) is 17.2 Å². The Morgan fingerprint density at radius 1 is 1.20 bits per heavy atom. The van der Waals surface area contributed by atoms with Gasteiger partial charge in [-0.3, -0.25) is 4.79 Å². The van der Waals surface area contributed by atoms with Gasteiger partial charge < -0.3 is 26.0 Å². The summed E-state index contributed by atoms with van der Waals surface area (Å²) in [6.45, 7) is 3.88. The van der Waals surface area contributed by atoms with Crippen molar-refractivity contribution in [3.05, 3.63) is 45.2 Å². The number of rotatable bonds is 5. The Labute approximate surface area is 142 Å². The van der Waals surface area contributed by atoms with Crippen LogP contribution >= 0.6 is 0 Å². The third kappa shape index (κ3) is 3.18. The molecule has 0 radical (unpaired) electrons. The molecule has 0 saturated carbocycles. The van der Waals surface area contributed by atoms with Crippen LogP contribution in [-0.4, -0.2) is 32.2 Å². The number of aromatic carboxylic acids is 2. The Kier molecular flexibility index (Phi) is 4.82. The average molecular weight is 346 g/mol. The molecule has 0 aliphatic rings. The largest absolute Gasteiger partial charge is 0.507 e. The predicted octanol–water partition coefficient (Wildman–Crippen LogP) is 2.24. The van der Waals surface area contributed by atoms with Crippen LogP contribution in [0.1, 0.15) is 52.5 Å². The SMILES string of the molecule is CCC(C)c1ccc(O)c(-c2c(C(=O)O)c(N)[nH]c(=O)c2C(=O)O)c1. The number of phenols is 1. The van der Waals surface area contributed by atoms with Crippen molar-refractivity contribution in [1.29, 1.82) is 0 Å². The highest BCUT2D eigenvalue weighted by molar-refractivity contribution is 6.08. The number of carboxylic acid groups (broad SMARTS) is 2. The number of anilines is 1. The Morgan fingerprint density at radius 3 is 2.32 bits per heavy atom. The summed E-state index contributed by atoms with van der Waals surface area (Å²) in [5.41, 5.74) is 3.47. The van der Waals surface area contributed by atoms with Crippen LogP contribution in [0.4, 0.5) is 5.82 Å². The molecule has 8 nitrogen and oxygen atoms in total. The molecule has 132 valence electrons. The quantitative estimate of drug-likeness (QED) is 0.556. The van der Waals surface area contributed by atoms with Crippen LogP contribution < -0.4 is 11.3 Å². The van der Waals surface area contributed by atoms with E-state index in [1.807, 2.05) is 18.8 Å². The molecule has 2 rings (SSSR count). The molecule has 1 unspecified atom stereocenters. The maximum Gasteiger partial charge on any atom is 0.342 e. The first-order chi connectivity index (χ1) is 11.7. The summed E-state index contributed by atoms with van der Waals surface area (Å²) < 4.78 is 0. The maximum absolute atomic E-state index is 12.0. The molecular weight excluding hydrogens is 328 g/mol. The number of nitrogens with one attached hydrogen (secondary N) is 1. The van der Waals surface area contributed by atoms with Gasteiger partial charge in [0.25, 0.3) is 5.56 Å². The van der Waals surface area contributed by atoms with Crippen molar-refractivity contribution in [3.63, 3.8) is 0 Å². The number of hydrogen-bond donors (Lipinski definition) is 5. The second-order valence-electron chi connectivity index (χ2n) is 5.69. The molecule has 0 saturated heterocycles. The van der Waals surface area contributed by atoms with Crippen LogP contribution in [0.25, 0.3) is 11.1 Å². The molecular formula is C17H18N2O6. The lowest BCUT2D eigenvalue weighted by atomic mass is 9.90. The van der Waals surface area contributed by atoms with Crippen molar-refractivity contribution in [2.75, 3.05) is 5.73 Å². The highest BCUT2D eigenvalue weighted by atomic mass is 16.4. The van der Waals surface area contributed by atoms with Crippen LogP contribution in [0.15, 0.2) is 23.0 Å². The smallest absolute Gasteiger partial charge is 0.342 e. The van der Waals surface area contributed by atoms with E-state index in [0.717, 1.165) is 12.0 Å². The van der Waals surface area contributed by atoms with Gasteiger partial charge in [0.05, 0.1) is 0 Å². The van der Waals surface area contributed by atoms with Gasteiger partial charge in [-0.2, -0.15) is 0 Å². The first-order valence-electron chi connectivity index (χ1n) is 7.54. The first kappa shape index (κ1) is 18.1. The Morgan fingerprint density at radius 2 is 1.80 bits per heavy atom. The lowest BCUT2D eigenvalue weighted by molar-refractivity contribution is 0.0695. The number of carbonyl (C=O) groups is 2. The van der Waals surface area contributed by atoms with E-state index in [0.29, 0.717) is 0 Å². The predicted molar refractivity (Wildman–Crippen MR) is 91.2 cm³/mol. The Bertz CT molecular complexity index is 916. The lowest BCUT2D eigenvalue weighted by Crippen LogP contribution is -2.24. The van der Waals surface area contributed by atoms with Crippen LogP contribution in [-0.2, 0) is 0 Å². The zero-order valence-corrected chi connectivity index (χ0v) is 13.7. The molecule has 1 heterocycles. The standard InChI is InChI=1S/C17H18N2O6/c1-3-7(2)8-4-5-10(20)9(6-8)11-12(16(22)23)14(18)19-15(21)13(11)17(24)25/h4-7,20H,3H2,1-2H3,(H,22,23)(H,24,25)(H3,18,19,21). The number of pyridine rings is 1. The normalized spacial score (nSPS) is 11.9. The van der Waals surface area contributed by atoms with E-state index >= 15 is 0 Å². The van der Waals surface area contributed by atoms with Crippen molar-refractivity contribution in [2.24, 2.45) is 0 Å². The molecule has 0 amide bonds. The van der Waals surface area contributed by atoms with Gasteiger partial charge in [-0.05, 0) is 30.0 Å². The molecule has 0 spiro atoms. The van der Waals surface area contributed by atoms with Crippen molar-refractivity contribution in [1.82, 2.24) is 4.98 Å². The zero-order chi connectivity index (χ0) is 18.9. The van der Waals surface area contributed by atoms with E-state index < -0.39 is 40.0 Å². The fraction of sp³-hybridized carbons (Fsp3) is 0.235. The molecule has 8 heteroatoms. The van der Waals surface area contributed by atoms with Gasteiger partial charge in [0.1, 0.15) is 22.7 Å². The number of hydrogen-bond acceptors (Lipinski definition) is 5. The van der Waals surface area contributed by atoms with Crippen molar-refractivity contribution >= 4 is 17.8 Å². The summed E-state index contributed by atoms with van der Waals surface area (Å²) in [6, 6.07) is 4.48. The molecule has 0 aliphatic heterocycles. The summed E-state index contributed by atoms with van der Waals surface area (Å²) in [5.74, 6) is -3.88. The molecule has 25 heavy (non-hydrogen) atoms. The number of aromatic hydroxyl groups is 1. The zero-order valence-electron chi connectivity index (χ0n) is 13.7. The number of phenolic OH excluding ortho intramolecular Hbond substituents is 1. The molecule has 2 aromatic rings. The summed E-state index contributed by atoms with van der Waals surface area (Å²) in [7, 11) is 0. The highest BCUT2D eigenvalue weighted by Gasteiger charge is 2.28. The molecule has 1 atom stereocenters. The maximum atomic E-state index is 12.0.